The van der Waals surface area contributed by atoms with Crippen LogP contribution >= 0.6 is 0 Å². The van der Waals surface area contributed by atoms with Crippen molar-refractivity contribution in [3.8, 4) is 0 Å². The molecule has 0 aliphatic carbocycles. The molecule has 0 spiro atoms. The van der Waals surface area contributed by atoms with Gasteiger partial charge in [-0.1, -0.05) is 60.7 Å². The monoisotopic (exact) mass is 267 g/mol. The Hall–Kier alpha value is -1.64. The van der Waals surface area contributed by atoms with E-state index in [9.17, 15) is 5.11 Å². The molecule has 0 bridgehead atoms. The molecule has 0 saturated carbocycles. The van der Waals surface area contributed by atoms with Gasteiger partial charge in [0.1, 0.15) is 0 Å². The van der Waals surface area contributed by atoms with E-state index in [1.165, 1.54) is 11.1 Å². The summed E-state index contributed by atoms with van der Waals surface area (Å²) in [7, 11) is 0. The number of aliphatic hydroxyl groups excluding tert-OH is 1. The maximum Gasteiger partial charge on any atom is 0.0845 e. The van der Waals surface area contributed by atoms with E-state index in [-0.39, 0.29) is 17.7 Å². The van der Waals surface area contributed by atoms with E-state index in [4.69, 9.17) is 0 Å². The zero-order valence-corrected chi connectivity index (χ0v) is 12.0. The lowest BCUT2D eigenvalue weighted by Gasteiger charge is -2.56. The molecule has 0 unspecified atom stereocenters. The molecule has 2 nitrogen and oxygen atoms in total. The van der Waals surface area contributed by atoms with Gasteiger partial charge in [-0.25, -0.2) is 0 Å². The van der Waals surface area contributed by atoms with E-state index in [0.29, 0.717) is 0 Å². The first kappa shape index (κ1) is 13.3. The van der Waals surface area contributed by atoms with E-state index < -0.39 is 0 Å². The van der Waals surface area contributed by atoms with Crippen molar-refractivity contribution in [1.82, 2.24) is 4.90 Å². The van der Waals surface area contributed by atoms with Crippen molar-refractivity contribution in [3.63, 3.8) is 0 Å². The Kier molecular flexibility index (Phi) is 3.36. The molecule has 0 aromatic heterocycles. The van der Waals surface area contributed by atoms with Gasteiger partial charge in [0.2, 0.25) is 0 Å². The molecule has 2 heteroatoms. The number of benzene rings is 2. The Morgan fingerprint density at radius 1 is 0.950 bits per heavy atom. The molecule has 1 N–H and O–H groups in total. The summed E-state index contributed by atoms with van der Waals surface area (Å²) in [4.78, 5) is 2.38. The van der Waals surface area contributed by atoms with Gasteiger partial charge in [0.25, 0.3) is 0 Å². The molecule has 0 radical (unpaired) electrons. The number of likely N-dealkylation sites (tertiary alicyclic amines) is 1. The normalized spacial score (nSPS) is 21.7. The van der Waals surface area contributed by atoms with Crippen LogP contribution < -0.4 is 0 Å². The van der Waals surface area contributed by atoms with Gasteiger partial charge in [0, 0.05) is 12.1 Å². The first-order valence-corrected chi connectivity index (χ1v) is 7.15. The molecule has 1 heterocycles. The third kappa shape index (κ3) is 2.15. The zero-order valence-electron chi connectivity index (χ0n) is 12.0. The first-order valence-electron chi connectivity index (χ1n) is 7.15. The molecule has 3 rings (SSSR count). The van der Waals surface area contributed by atoms with Crippen molar-refractivity contribution in [1.29, 1.82) is 0 Å². The highest BCUT2D eigenvalue weighted by Crippen LogP contribution is 2.41. The number of hydrogen-bond donors (Lipinski definition) is 1. The van der Waals surface area contributed by atoms with Crippen molar-refractivity contribution in [2.75, 3.05) is 6.54 Å². The maximum absolute atomic E-state index is 10.0. The fourth-order valence-electron chi connectivity index (χ4n) is 2.99. The molecular weight excluding hydrogens is 246 g/mol. The molecule has 1 aliphatic rings. The highest BCUT2D eigenvalue weighted by Gasteiger charge is 2.48. The van der Waals surface area contributed by atoms with Crippen molar-refractivity contribution in [2.24, 2.45) is 0 Å². The number of rotatable bonds is 3. The second kappa shape index (κ2) is 5.04. The van der Waals surface area contributed by atoms with Crippen LogP contribution in [0.25, 0.3) is 0 Å². The minimum atomic E-state index is -0.252. The third-order valence-electron chi connectivity index (χ3n) is 4.47. The van der Waals surface area contributed by atoms with Gasteiger partial charge >= 0.3 is 0 Å². The van der Waals surface area contributed by atoms with E-state index in [1.807, 2.05) is 12.1 Å². The molecule has 1 atom stereocenters. The summed E-state index contributed by atoms with van der Waals surface area (Å²) in [6, 6.07) is 21.3. The van der Waals surface area contributed by atoms with Crippen LogP contribution in [-0.4, -0.2) is 28.2 Å². The van der Waals surface area contributed by atoms with Crippen molar-refractivity contribution < 1.29 is 5.11 Å². The summed E-state index contributed by atoms with van der Waals surface area (Å²) < 4.78 is 0. The minimum absolute atomic E-state index is 0.184. The molecular formula is C18H21NO. The van der Waals surface area contributed by atoms with Crippen LogP contribution in [0, 0.1) is 0 Å². The van der Waals surface area contributed by atoms with Crippen LogP contribution in [0.4, 0.5) is 0 Å². The summed E-state index contributed by atoms with van der Waals surface area (Å²) in [5.41, 5.74) is 2.37. The Morgan fingerprint density at radius 3 is 1.75 bits per heavy atom. The predicted molar refractivity (Wildman–Crippen MR) is 81.5 cm³/mol. The second-order valence-corrected chi connectivity index (χ2v) is 6.05. The number of aliphatic hydroxyl groups is 1. The Balaban J connectivity index is 2.02. The van der Waals surface area contributed by atoms with Gasteiger partial charge in [0.15, 0.2) is 0 Å². The Labute approximate surface area is 120 Å². The Morgan fingerprint density at radius 2 is 1.40 bits per heavy atom. The smallest absolute Gasteiger partial charge is 0.0845 e. The molecule has 1 saturated heterocycles. The first-order chi connectivity index (χ1) is 9.60. The van der Waals surface area contributed by atoms with Crippen LogP contribution in [0.2, 0.25) is 0 Å². The molecule has 104 valence electrons. The lowest BCUT2D eigenvalue weighted by Crippen LogP contribution is -2.68. The molecule has 0 amide bonds. The van der Waals surface area contributed by atoms with Gasteiger partial charge in [0.05, 0.1) is 12.1 Å². The number of hydrogen-bond acceptors (Lipinski definition) is 2. The van der Waals surface area contributed by atoms with E-state index >= 15 is 0 Å². The summed E-state index contributed by atoms with van der Waals surface area (Å²) in [6.45, 7) is 4.95. The standard InChI is InChI=1S/C18H21NO/c1-18(2)16(20)13-19(18)17(14-9-5-3-6-10-14)15-11-7-4-8-12-15/h3-12,16-17,20H,13H2,1-2H3/t16-/m1/s1. The van der Waals surface area contributed by atoms with Gasteiger partial charge in [-0.3, -0.25) is 4.90 Å². The summed E-state index contributed by atoms with van der Waals surface area (Å²) >= 11 is 0. The molecule has 20 heavy (non-hydrogen) atoms. The van der Waals surface area contributed by atoms with Gasteiger partial charge in [-0.15, -0.1) is 0 Å². The van der Waals surface area contributed by atoms with Gasteiger partial charge in [-0.2, -0.15) is 0 Å². The Bertz CT molecular complexity index is 525. The van der Waals surface area contributed by atoms with Crippen LogP contribution in [-0.2, 0) is 0 Å². The topological polar surface area (TPSA) is 23.5 Å². The van der Waals surface area contributed by atoms with Crippen LogP contribution in [0.3, 0.4) is 0 Å². The van der Waals surface area contributed by atoms with Crippen molar-refractivity contribution >= 4 is 0 Å². The molecule has 1 aliphatic heterocycles. The van der Waals surface area contributed by atoms with Crippen LogP contribution in [0.15, 0.2) is 60.7 Å². The third-order valence-corrected chi connectivity index (χ3v) is 4.47. The highest BCUT2D eigenvalue weighted by molar-refractivity contribution is 5.33. The quantitative estimate of drug-likeness (QED) is 0.923. The van der Waals surface area contributed by atoms with Crippen molar-refractivity contribution in [3.05, 3.63) is 71.8 Å². The molecule has 2 aromatic rings. The van der Waals surface area contributed by atoms with Crippen molar-refractivity contribution in [2.45, 2.75) is 31.5 Å². The second-order valence-electron chi connectivity index (χ2n) is 6.05. The zero-order chi connectivity index (χ0) is 14.2. The summed E-state index contributed by atoms with van der Waals surface area (Å²) in [5, 5.41) is 10.0. The lowest BCUT2D eigenvalue weighted by molar-refractivity contribution is -0.132. The van der Waals surface area contributed by atoms with E-state index in [0.717, 1.165) is 6.54 Å². The average Bonchev–Trinajstić information content (AvgIpc) is 2.49. The van der Waals surface area contributed by atoms with Crippen LogP contribution in [0.5, 0.6) is 0 Å². The summed E-state index contributed by atoms with van der Waals surface area (Å²) in [5.74, 6) is 0. The van der Waals surface area contributed by atoms with E-state index in [2.05, 4.69) is 67.3 Å². The fourth-order valence-corrected chi connectivity index (χ4v) is 2.99. The van der Waals surface area contributed by atoms with E-state index in [1.54, 1.807) is 0 Å². The fraction of sp³-hybridized carbons (Fsp3) is 0.333. The molecule has 1 fully saturated rings. The number of nitrogens with zero attached hydrogens (tertiary/aromatic N) is 1. The maximum atomic E-state index is 10.0. The predicted octanol–water partition coefficient (Wildman–Crippen LogP) is 3.23. The minimum Gasteiger partial charge on any atom is -0.390 e. The van der Waals surface area contributed by atoms with Gasteiger partial charge in [-0.05, 0) is 25.0 Å². The highest BCUT2D eigenvalue weighted by atomic mass is 16.3. The summed E-state index contributed by atoms with van der Waals surface area (Å²) in [6.07, 6.45) is -0.252. The van der Waals surface area contributed by atoms with Gasteiger partial charge < -0.3 is 5.11 Å². The SMILES string of the molecule is CC1(C)[C@H](O)CN1C(c1ccccc1)c1ccccc1. The lowest BCUT2D eigenvalue weighted by atomic mass is 9.80. The molecule has 2 aromatic carbocycles. The number of β-amino-alcohol motifs (C(OH)–C–C–N with tert-alkyl or cyclic N) is 1. The average molecular weight is 267 g/mol. The van der Waals surface area contributed by atoms with Crippen LogP contribution in [0.1, 0.15) is 31.0 Å². The largest absolute Gasteiger partial charge is 0.390 e.